The van der Waals surface area contributed by atoms with Crippen LogP contribution in [-0.4, -0.2) is 62.2 Å². The van der Waals surface area contributed by atoms with Crippen LogP contribution in [0.5, 0.6) is 5.88 Å². The number of imidazole rings is 1. The minimum atomic E-state index is -4.31. The molecule has 1 aliphatic rings. The number of nitrogens with one attached hydrogen (secondary N) is 5. The van der Waals surface area contributed by atoms with E-state index < -0.39 is 48.9 Å². The minimum absolute atomic E-state index is 0.000720. The number of pyridine rings is 1. The van der Waals surface area contributed by atoms with Gasteiger partial charge in [0, 0.05) is 18.8 Å². The molecule has 5 N–H and O–H groups in total. The fraction of sp³-hybridized carbons (Fsp3) is 0.370. The average molecular weight is 675 g/mol. The number of hydrogen-bond donors (Lipinski definition) is 5. The first-order valence-electron chi connectivity index (χ1n) is 13.6. The van der Waals surface area contributed by atoms with Gasteiger partial charge in [-0.2, -0.15) is 28.2 Å². The van der Waals surface area contributed by atoms with Crippen molar-refractivity contribution in [1.82, 2.24) is 35.8 Å². The summed E-state index contributed by atoms with van der Waals surface area (Å²) in [5, 5.41) is 15.0. The summed E-state index contributed by atoms with van der Waals surface area (Å²) in [5.41, 5.74) is 1.00. The number of ether oxygens (including phenoxy) is 1. The van der Waals surface area contributed by atoms with Crippen molar-refractivity contribution >= 4 is 57.8 Å². The van der Waals surface area contributed by atoms with E-state index in [-0.39, 0.29) is 76.3 Å². The number of carbonyl (C=O) groups excluding carboxylic acids is 2. The minimum Gasteiger partial charge on any atom is -0.471 e. The van der Waals surface area contributed by atoms with Gasteiger partial charge in [-0.1, -0.05) is 29.3 Å². The van der Waals surface area contributed by atoms with Crippen LogP contribution in [0.4, 0.5) is 33.6 Å². The highest BCUT2D eigenvalue weighted by molar-refractivity contribution is 6.39. The Hall–Kier alpha value is -4.18. The molecular formula is C27H25Cl2F5N8O3. The summed E-state index contributed by atoms with van der Waals surface area (Å²) in [6.07, 6.45) is -5.82. The molecule has 0 aliphatic heterocycles. The van der Waals surface area contributed by atoms with Crippen molar-refractivity contribution in [1.29, 1.82) is 0 Å². The number of carbonyl (C=O) groups is 2. The van der Waals surface area contributed by atoms with Crippen molar-refractivity contribution < 1.29 is 36.3 Å². The first-order valence-corrected chi connectivity index (χ1v) is 14.4. The fourth-order valence-corrected chi connectivity index (χ4v) is 5.38. The van der Waals surface area contributed by atoms with Gasteiger partial charge >= 0.3 is 6.18 Å². The van der Waals surface area contributed by atoms with E-state index in [4.69, 9.17) is 27.9 Å². The van der Waals surface area contributed by atoms with Crippen molar-refractivity contribution in [3.05, 3.63) is 57.3 Å². The number of amides is 2. The number of nitrogens with zero attached hydrogens (tertiary/aromatic N) is 3. The maximum atomic E-state index is 13.1. The topological polar surface area (TPSA) is 150 Å². The van der Waals surface area contributed by atoms with Crippen LogP contribution in [0.25, 0.3) is 11.2 Å². The molecule has 0 bridgehead atoms. The number of benzene rings is 1. The Bertz CT molecular complexity index is 1680. The molecule has 1 aliphatic carbocycles. The van der Waals surface area contributed by atoms with Gasteiger partial charge in [0.15, 0.2) is 12.3 Å². The van der Waals surface area contributed by atoms with Gasteiger partial charge in [-0.05, 0) is 49.4 Å². The molecular weight excluding hydrogens is 650 g/mol. The highest BCUT2D eigenvalue weighted by atomic mass is 35.5. The van der Waals surface area contributed by atoms with E-state index in [1.54, 1.807) is 12.1 Å². The standard InChI is InChI=1S/C27H25Cl2F5N8O3/c28-16-6-1-12(10-35-24(44)17-7-8-36-42-17)20(29)21(16)39-26-38-18-9-15(25(40-22(18)41-26)45-11-19(30)31)23(43)37-14-4-2-13(3-5-14)27(32,33)34/h1,6-9,13-14,19H,2-5,10-11H2,(H,35,44)(H,36,42)(H,37,43)(H2,38,39,40,41). The van der Waals surface area contributed by atoms with Crippen LogP contribution < -0.4 is 20.7 Å². The largest absolute Gasteiger partial charge is 0.471 e. The summed E-state index contributed by atoms with van der Waals surface area (Å²) in [5.74, 6) is -2.94. The molecule has 1 fully saturated rings. The smallest absolute Gasteiger partial charge is 0.391 e. The molecule has 3 aromatic heterocycles. The molecule has 1 aromatic carbocycles. The third kappa shape index (κ3) is 7.73. The van der Waals surface area contributed by atoms with Crippen molar-refractivity contribution in [2.45, 2.75) is 50.9 Å². The van der Waals surface area contributed by atoms with E-state index in [1.807, 2.05) is 0 Å². The quantitative estimate of drug-likeness (QED) is 0.127. The lowest BCUT2D eigenvalue weighted by Gasteiger charge is -2.30. The lowest BCUT2D eigenvalue weighted by molar-refractivity contribution is -0.182. The van der Waals surface area contributed by atoms with E-state index in [0.717, 1.165) is 0 Å². The van der Waals surface area contributed by atoms with Gasteiger partial charge < -0.3 is 25.7 Å². The van der Waals surface area contributed by atoms with Gasteiger partial charge in [0.25, 0.3) is 18.2 Å². The maximum Gasteiger partial charge on any atom is 0.391 e. The van der Waals surface area contributed by atoms with Gasteiger partial charge in [-0.15, -0.1) is 0 Å². The molecule has 18 heteroatoms. The number of hydrogen-bond acceptors (Lipinski definition) is 7. The Labute approximate surface area is 261 Å². The number of halogens is 7. The summed E-state index contributed by atoms with van der Waals surface area (Å²) < 4.78 is 70.2. The highest BCUT2D eigenvalue weighted by Gasteiger charge is 2.41. The normalized spacial score (nSPS) is 17.0. The van der Waals surface area contributed by atoms with E-state index in [0.29, 0.717) is 5.56 Å². The third-order valence-corrected chi connectivity index (χ3v) is 7.90. The molecule has 0 atom stereocenters. The number of alkyl halides is 5. The highest BCUT2D eigenvalue weighted by Crippen LogP contribution is 2.38. The Morgan fingerprint density at radius 3 is 2.49 bits per heavy atom. The monoisotopic (exact) mass is 674 g/mol. The molecule has 4 aromatic rings. The summed E-state index contributed by atoms with van der Waals surface area (Å²) in [6.45, 7) is -1.01. The predicted molar refractivity (Wildman–Crippen MR) is 154 cm³/mol. The third-order valence-electron chi connectivity index (χ3n) is 7.15. The molecule has 1 saturated carbocycles. The van der Waals surface area contributed by atoms with Crippen LogP contribution in [0.3, 0.4) is 0 Å². The van der Waals surface area contributed by atoms with E-state index >= 15 is 0 Å². The van der Waals surface area contributed by atoms with Gasteiger partial charge in [-0.3, -0.25) is 14.7 Å². The molecule has 11 nitrogen and oxygen atoms in total. The Balaban J connectivity index is 1.35. The molecule has 0 saturated heterocycles. The van der Waals surface area contributed by atoms with Crippen LogP contribution in [0.1, 0.15) is 52.1 Å². The molecule has 0 unspecified atom stereocenters. The lowest BCUT2D eigenvalue weighted by Crippen LogP contribution is -2.40. The number of rotatable bonds is 10. The molecule has 5 rings (SSSR count). The van der Waals surface area contributed by atoms with Gasteiger partial charge in [0.1, 0.15) is 11.3 Å². The van der Waals surface area contributed by atoms with Crippen molar-refractivity contribution in [2.75, 3.05) is 11.9 Å². The zero-order valence-electron chi connectivity index (χ0n) is 23.1. The zero-order valence-corrected chi connectivity index (χ0v) is 24.6. The molecule has 0 radical (unpaired) electrons. The van der Waals surface area contributed by atoms with Crippen LogP contribution in [0.2, 0.25) is 10.0 Å². The Morgan fingerprint density at radius 2 is 1.82 bits per heavy atom. The summed E-state index contributed by atoms with van der Waals surface area (Å²) >= 11 is 13.0. The van der Waals surface area contributed by atoms with Gasteiger partial charge in [-0.25, -0.2) is 8.78 Å². The zero-order chi connectivity index (χ0) is 32.3. The van der Waals surface area contributed by atoms with E-state index in [9.17, 15) is 31.5 Å². The fourth-order valence-electron chi connectivity index (χ4n) is 4.85. The van der Waals surface area contributed by atoms with Crippen LogP contribution in [0, 0.1) is 5.92 Å². The Kier molecular flexibility index (Phi) is 9.62. The second-order valence-corrected chi connectivity index (χ2v) is 11.0. The number of H-pyrrole nitrogens is 2. The van der Waals surface area contributed by atoms with Crippen LogP contribution in [-0.2, 0) is 6.54 Å². The molecule has 240 valence electrons. The number of fused-ring (bicyclic) bond motifs is 1. The summed E-state index contributed by atoms with van der Waals surface area (Å²) in [7, 11) is 0. The second-order valence-electron chi connectivity index (χ2n) is 10.2. The lowest BCUT2D eigenvalue weighted by atomic mass is 9.85. The van der Waals surface area contributed by atoms with Crippen molar-refractivity contribution in [3.63, 3.8) is 0 Å². The number of anilines is 2. The molecule has 3 heterocycles. The predicted octanol–water partition coefficient (Wildman–Crippen LogP) is 6.16. The molecule has 0 spiro atoms. The second kappa shape index (κ2) is 13.4. The van der Waals surface area contributed by atoms with E-state index in [2.05, 4.69) is 41.1 Å². The number of aromatic nitrogens is 5. The first kappa shape index (κ1) is 32.2. The summed E-state index contributed by atoms with van der Waals surface area (Å²) in [4.78, 5) is 36.7. The maximum absolute atomic E-state index is 13.1. The molecule has 45 heavy (non-hydrogen) atoms. The number of aromatic amines is 2. The summed E-state index contributed by atoms with van der Waals surface area (Å²) in [6, 6.07) is 5.42. The average Bonchev–Trinajstić information content (AvgIpc) is 3.67. The molecule has 2 amide bonds. The van der Waals surface area contributed by atoms with E-state index in [1.165, 1.54) is 18.3 Å². The van der Waals surface area contributed by atoms with Crippen LogP contribution in [0.15, 0.2) is 30.5 Å². The Morgan fingerprint density at radius 1 is 1.07 bits per heavy atom. The SMILES string of the molecule is O=C(NCc1ccc(Cl)c(Nc2nc3nc(OCC(F)F)c(C(=O)NC4CCC(C(F)(F)F)CC4)cc3[nH]2)c1Cl)c1ccn[nH]1. The first-order chi connectivity index (χ1) is 21.4. The van der Waals surface area contributed by atoms with Crippen LogP contribution >= 0.6 is 23.2 Å². The van der Waals surface area contributed by atoms with Gasteiger partial charge in [0.2, 0.25) is 11.8 Å². The van der Waals surface area contributed by atoms with Gasteiger partial charge in [0.05, 0.1) is 27.2 Å². The van der Waals surface area contributed by atoms with Crippen molar-refractivity contribution in [3.8, 4) is 5.88 Å². The van der Waals surface area contributed by atoms with Crippen molar-refractivity contribution in [2.24, 2.45) is 5.92 Å².